The van der Waals surface area contributed by atoms with E-state index in [2.05, 4.69) is 5.32 Å². The molecule has 0 spiro atoms. The standard InChI is InChI=1S/C15H17NO2/c1-2-18-15-6-4-3-5-14(15)16-11-12-7-9-13(17)10-8-12/h3-10,16-17H,2,11H2,1H3. The average Bonchev–Trinajstić information content (AvgIpc) is 2.40. The molecule has 0 bridgehead atoms. The fourth-order valence-electron chi connectivity index (χ4n) is 1.71. The summed E-state index contributed by atoms with van der Waals surface area (Å²) in [6, 6.07) is 15.0. The molecule has 0 atom stereocenters. The van der Waals surface area contributed by atoms with Crippen LogP contribution in [0.25, 0.3) is 0 Å². The molecule has 0 heterocycles. The molecular weight excluding hydrogens is 226 g/mol. The van der Waals surface area contributed by atoms with Crippen LogP contribution in [0.3, 0.4) is 0 Å². The number of rotatable bonds is 5. The fraction of sp³-hybridized carbons (Fsp3) is 0.200. The quantitative estimate of drug-likeness (QED) is 0.845. The smallest absolute Gasteiger partial charge is 0.142 e. The van der Waals surface area contributed by atoms with E-state index < -0.39 is 0 Å². The van der Waals surface area contributed by atoms with Crippen molar-refractivity contribution in [1.82, 2.24) is 0 Å². The summed E-state index contributed by atoms with van der Waals surface area (Å²) in [6.07, 6.45) is 0. The Kier molecular flexibility index (Phi) is 4.07. The van der Waals surface area contributed by atoms with Gasteiger partial charge in [0.15, 0.2) is 0 Å². The van der Waals surface area contributed by atoms with E-state index >= 15 is 0 Å². The van der Waals surface area contributed by atoms with E-state index in [9.17, 15) is 5.11 Å². The van der Waals surface area contributed by atoms with E-state index in [1.54, 1.807) is 12.1 Å². The first-order chi connectivity index (χ1) is 8.79. The maximum absolute atomic E-state index is 9.22. The highest BCUT2D eigenvalue weighted by atomic mass is 16.5. The Bertz CT molecular complexity index is 494. The zero-order chi connectivity index (χ0) is 12.8. The van der Waals surface area contributed by atoms with Crippen LogP contribution in [0.5, 0.6) is 11.5 Å². The molecule has 0 aliphatic heterocycles. The second-order valence-electron chi connectivity index (χ2n) is 3.95. The average molecular weight is 243 g/mol. The van der Waals surface area contributed by atoms with Gasteiger partial charge in [0.25, 0.3) is 0 Å². The number of para-hydroxylation sites is 2. The fourth-order valence-corrected chi connectivity index (χ4v) is 1.71. The predicted molar refractivity (Wildman–Crippen MR) is 73.0 cm³/mol. The van der Waals surface area contributed by atoms with Crippen LogP contribution >= 0.6 is 0 Å². The summed E-state index contributed by atoms with van der Waals surface area (Å²) in [6.45, 7) is 3.32. The first-order valence-corrected chi connectivity index (χ1v) is 6.03. The number of ether oxygens (including phenoxy) is 1. The first kappa shape index (κ1) is 12.3. The first-order valence-electron chi connectivity index (χ1n) is 6.03. The molecule has 2 N–H and O–H groups in total. The van der Waals surface area contributed by atoms with Gasteiger partial charge in [0, 0.05) is 6.54 Å². The maximum atomic E-state index is 9.22. The van der Waals surface area contributed by atoms with Crippen molar-refractivity contribution in [2.75, 3.05) is 11.9 Å². The van der Waals surface area contributed by atoms with E-state index in [4.69, 9.17) is 4.74 Å². The SMILES string of the molecule is CCOc1ccccc1NCc1ccc(O)cc1. The number of phenols is 1. The molecule has 0 unspecified atom stereocenters. The Morgan fingerprint density at radius 2 is 1.78 bits per heavy atom. The van der Waals surface area contributed by atoms with Gasteiger partial charge in [0.1, 0.15) is 11.5 Å². The van der Waals surface area contributed by atoms with E-state index in [0.29, 0.717) is 13.2 Å². The zero-order valence-electron chi connectivity index (χ0n) is 10.4. The van der Waals surface area contributed by atoms with Crippen LogP contribution in [0, 0.1) is 0 Å². The van der Waals surface area contributed by atoms with Gasteiger partial charge in [-0.15, -0.1) is 0 Å². The van der Waals surface area contributed by atoms with Crippen LogP contribution in [0.4, 0.5) is 5.69 Å². The summed E-state index contributed by atoms with van der Waals surface area (Å²) >= 11 is 0. The molecule has 0 radical (unpaired) electrons. The number of hydrogen-bond donors (Lipinski definition) is 2. The van der Waals surface area contributed by atoms with Crippen LogP contribution < -0.4 is 10.1 Å². The Hall–Kier alpha value is -2.16. The lowest BCUT2D eigenvalue weighted by Gasteiger charge is -2.12. The highest BCUT2D eigenvalue weighted by Gasteiger charge is 2.01. The summed E-state index contributed by atoms with van der Waals surface area (Å²) in [5.74, 6) is 1.15. The van der Waals surface area contributed by atoms with Crippen molar-refractivity contribution in [3.63, 3.8) is 0 Å². The lowest BCUT2D eigenvalue weighted by molar-refractivity contribution is 0.341. The molecule has 2 rings (SSSR count). The van der Waals surface area contributed by atoms with Gasteiger partial charge in [0.05, 0.1) is 12.3 Å². The Balaban J connectivity index is 2.03. The van der Waals surface area contributed by atoms with Gasteiger partial charge in [-0.2, -0.15) is 0 Å². The Labute approximate surface area is 107 Å². The van der Waals surface area contributed by atoms with Crippen LogP contribution in [0.2, 0.25) is 0 Å². The van der Waals surface area contributed by atoms with Gasteiger partial charge in [0.2, 0.25) is 0 Å². The van der Waals surface area contributed by atoms with Crippen LogP contribution in [-0.4, -0.2) is 11.7 Å². The van der Waals surface area contributed by atoms with Crippen molar-refractivity contribution in [2.45, 2.75) is 13.5 Å². The van der Waals surface area contributed by atoms with Crippen LogP contribution in [0.15, 0.2) is 48.5 Å². The minimum Gasteiger partial charge on any atom is -0.508 e. The van der Waals surface area contributed by atoms with Crippen LogP contribution in [0.1, 0.15) is 12.5 Å². The van der Waals surface area contributed by atoms with E-state index in [-0.39, 0.29) is 5.75 Å². The summed E-state index contributed by atoms with van der Waals surface area (Å²) in [4.78, 5) is 0. The zero-order valence-corrected chi connectivity index (χ0v) is 10.4. The monoisotopic (exact) mass is 243 g/mol. The number of anilines is 1. The Morgan fingerprint density at radius 3 is 2.50 bits per heavy atom. The number of benzene rings is 2. The van der Waals surface area contributed by atoms with Crippen molar-refractivity contribution >= 4 is 5.69 Å². The minimum atomic E-state index is 0.286. The molecule has 2 aromatic rings. The normalized spacial score (nSPS) is 10.1. The summed E-state index contributed by atoms with van der Waals surface area (Å²) in [5, 5.41) is 12.5. The molecule has 3 heteroatoms. The molecule has 0 aliphatic rings. The largest absolute Gasteiger partial charge is 0.508 e. The highest BCUT2D eigenvalue weighted by molar-refractivity contribution is 5.56. The third-order valence-electron chi connectivity index (χ3n) is 2.61. The molecule has 94 valence electrons. The summed E-state index contributed by atoms with van der Waals surface area (Å²) in [5.41, 5.74) is 2.09. The van der Waals surface area contributed by atoms with Gasteiger partial charge in [-0.1, -0.05) is 24.3 Å². The number of aromatic hydroxyl groups is 1. The maximum Gasteiger partial charge on any atom is 0.142 e. The second-order valence-corrected chi connectivity index (χ2v) is 3.95. The molecule has 0 saturated carbocycles. The van der Waals surface area contributed by atoms with E-state index in [1.165, 1.54) is 0 Å². The lowest BCUT2D eigenvalue weighted by Crippen LogP contribution is -2.02. The molecule has 0 aromatic heterocycles. The topological polar surface area (TPSA) is 41.5 Å². The third kappa shape index (κ3) is 3.17. The van der Waals surface area contributed by atoms with E-state index in [1.807, 2.05) is 43.3 Å². The molecule has 2 aromatic carbocycles. The second kappa shape index (κ2) is 5.96. The Morgan fingerprint density at radius 1 is 1.06 bits per heavy atom. The van der Waals surface area contributed by atoms with Crippen molar-refractivity contribution in [3.8, 4) is 11.5 Å². The van der Waals surface area contributed by atoms with Crippen LogP contribution in [-0.2, 0) is 6.54 Å². The number of nitrogens with one attached hydrogen (secondary N) is 1. The molecule has 3 nitrogen and oxygen atoms in total. The molecule has 0 amide bonds. The molecular formula is C15H17NO2. The minimum absolute atomic E-state index is 0.286. The summed E-state index contributed by atoms with van der Waals surface area (Å²) in [7, 11) is 0. The van der Waals surface area contributed by atoms with Crippen molar-refractivity contribution in [3.05, 3.63) is 54.1 Å². The van der Waals surface area contributed by atoms with Crippen molar-refractivity contribution in [2.24, 2.45) is 0 Å². The van der Waals surface area contributed by atoms with Gasteiger partial charge >= 0.3 is 0 Å². The predicted octanol–water partition coefficient (Wildman–Crippen LogP) is 3.40. The molecule has 0 fully saturated rings. The van der Waals surface area contributed by atoms with Gasteiger partial charge in [-0.25, -0.2) is 0 Å². The lowest BCUT2D eigenvalue weighted by atomic mass is 10.2. The van der Waals surface area contributed by atoms with Gasteiger partial charge in [-0.05, 0) is 36.8 Å². The highest BCUT2D eigenvalue weighted by Crippen LogP contribution is 2.24. The van der Waals surface area contributed by atoms with E-state index in [0.717, 1.165) is 17.0 Å². The van der Waals surface area contributed by atoms with Gasteiger partial charge in [-0.3, -0.25) is 0 Å². The third-order valence-corrected chi connectivity index (χ3v) is 2.61. The number of phenolic OH excluding ortho intramolecular Hbond substituents is 1. The van der Waals surface area contributed by atoms with Crippen molar-refractivity contribution in [1.29, 1.82) is 0 Å². The van der Waals surface area contributed by atoms with Crippen molar-refractivity contribution < 1.29 is 9.84 Å². The van der Waals surface area contributed by atoms with Gasteiger partial charge < -0.3 is 15.2 Å². The molecule has 0 saturated heterocycles. The molecule has 0 aliphatic carbocycles. The molecule has 18 heavy (non-hydrogen) atoms. The number of hydrogen-bond acceptors (Lipinski definition) is 3. The summed E-state index contributed by atoms with van der Waals surface area (Å²) < 4.78 is 5.54.